The molecule has 0 aliphatic carbocycles. The number of hydrogen-bond donors (Lipinski definition) is 2. The summed E-state index contributed by atoms with van der Waals surface area (Å²) < 4.78 is 33.4. The molecule has 0 unspecified atom stereocenters. The molecule has 3 rings (SSSR count). The maximum absolute atomic E-state index is 12.8. The number of aromatic nitrogens is 1. The summed E-state index contributed by atoms with van der Waals surface area (Å²) in [6, 6.07) is 3.37. The monoisotopic (exact) mass is 565 g/mol. The standard InChI is InChI=1S/C27H43N5O6S/c1-27(2,3)38-26(35)32-16-11-21(12-17-32)39(36,37)30-15-8-6-5-7-14-29-25(34)22-18-23(33)31(4)24(22)20-10-9-13-28-19-20/h9-10,13,19,21-22,24,30H,5-8,11-12,14-18H2,1-4H3,(H,29,34)/t22-,24+/m0/s1. The molecule has 0 bridgehead atoms. The Balaban J connectivity index is 1.29. The average molecular weight is 566 g/mol. The van der Waals surface area contributed by atoms with Crippen molar-refractivity contribution in [3.05, 3.63) is 30.1 Å². The van der Waals surface area contributed by atoms with Gasteiger partial charge in [-0.05, 0) is 58.1 Å². The number of unbranched alkanes of at least 4 members (excludes halogenated alkanes) is 3. The van der Waals surface area contributed by atoms with Gasteiger partial charge in [0, 0.05) is 52.0 Å². The molecule has 12 heteroatoms. The molecule has 2 aliphatic heterocycles. The van der Waals surface area contributed by atoms with Gasteiger partial charge in [0.1, 0.15) is 5.60 Å². The molecule has 0 radical (unpaired) electrons. The number of amides is 3. The summed E-state index contributed by atoms with van der Waals surface area (Å²) in [5, 5.41) is 2.45. The molecule has 0 saturated carbocycles. The van der Waals surface area contributed by atoms with E-state index in [0.717, 1.165) is 24.8 Å². The molecule has 2 saturated heterocycles. The van der Waals surface area contributed by atoms with Crippen LogP contribution >= 0.6 is 0 Å². The van der Waals surface area contributed by atoms with Crippen LogP contribution < -0.4 is 10.0 Å². The van der Waals surface area contributed by atoms with Gasteiger partial charge in [-0.3, -0.25) is 14.6 Å². The van der Waals surface area contributed by atoms with Crippen molar-refractivity contribution in [1.29, 1.82) is 0 Å². The van der Waals surface area contributed by atoms with Crippen LogP contribution in [0, 0.1) is 5.92 Å². The SMILES string of the molecule is CN1C(=O)C[C@H](C(=O)NCCCCCCNS(=O)(=O)C2CCN(C(=O)OC(C)(C)C)CC2)[C@H]1c1cccnc1. The minimum Gasteiger partial charge on any atom is -0.444 e. The van der Waals surface area contributed by atoms with E-state index in [2.05, 4.69) is 15.0 Å². The van der Waals surface area contributed by atoms with Gasteiger partial charge in [0.05, 0.1) is 17.2 Å². The highest BCUT2D eigenvalue weighted by Crippen LogP contribution is 2.36. The van der Waals surface area contributed by atoms with E-state index in [0.29, 0.717) is 45.4 Å². The van der Waals surface area contributed by atoms with Gasteiger partial charge < -0.3 is 19.9 Å². The van der Waals surface area contributed by atoms with E-state index in [1.54, 1.807) is 56.1 Å². The first-order valence-corrected chi connectivity index (χ1v) is 15.3. The summed E-state index contributed by atoms with van der Waals surface area (Å²) >= 11 is 0. The van der Waals surface area contributed by atoms with Gasteiger partial charge in [-0.2, -0.15) is 0 Å². The predicted octanol–water partition coefficient (Wildman–Crippen LogP) is 2.60. The second-order valence-corrected chi connectivity index (χ2v) is 13.4. The fourth-order valence-corrected chi connectivity index (χ4v) is 6.56. The first kappa shape index (κ1) is 30.8. The molecule has 2 fully saturated rings. The highest BCUT2D eigenvalue weighted by Gasteiger charge is 2.42. The number of likely N-dealkylation sites (tertiary alicyclic amines) is 2. The van der Waals surface area contributed by atoms with Crippen molar-refractivity contribution in [3.63, 3.8) is 0 Å². The van der Waals surface area contributed by atoms with Gasteiger partial charge >= 0.3 is 6.09 Å². The van der Waals surface area contributed by atoms with Crippen molar-refractivity contribution < 1.29 is 27.5 Å². The Morgan fingerprint density at radius 3 is 2.38 bits per heavy atom. The predicted molar refractivity (Wildman–Crippen MR) is 147 cm³/mol. The van der Waals surface area contributed by atoms with E-state index in [1.165, 1.54) is 0 Å². The number of rotatable bonds is 11. The highest BCUT2D eigenvalue weighted by molar-refractivity contribution is 7.90. The van der Waals surface area contributed by atoms with Crippen LogP contribution in [0.4, 0.5) is 4.79 Å². The first-order valence-electron chi connectivity index (χ1n) is 13.8. The van der Waals surface area contributed by atoms with Crippen LogP contribution in [0.2, 0.25) is 0 Å². The number of nitrogens with one attached hydrogen (secondary N) is 2. The average Bonchev–Trinajstić information content (AvgIpc) is 3.19. The molecular weight excluding hydrogens is 522 g/mol. The van der Waals surface area contributed by atoms with Crippen molar-refractivity contribution in [2.24, 2.45) is 5.92 Å². The largest absolute Gasteiger partial charge is 0.444 e. The molecule has 2 aliphatic rings. The Hall–Kier alpha value is -2.73. The molecule has 218 valence electrons. The third-order valence-electron chi connectivity index (χ3n) is 7.19. The third kappa shape index (κ3) is 8.89. The lowest BCUT2D eigenvalue weighted by molar-refractivity contribution is -0.128. The fraction of sp³-hybridized carbons (Fsp3) is 0.704. The second kappa shape index (κ2) is 13.6. The number of pyridine rings is 1. The Morgan fingerprint density at radius 1 is 1.10 bits per heavy atom. The van der Waals surface area contributed by atoms with Crippen molar-refractivity contribution in [2.45, 2.75) is 82.6 Å². The van der Waals surface area contributed by atoms with Gasteiger partial charge in [0.15, 0.2) is 0 Å². The van der Waals surface area contributed by atoms with Gasteiger partial charge in [-0.1, -0.05) is 18.9 Å². The van der Waals surface area contributed by atoms with Gasteiger partial charge in [-0.25, -0.2) is 17.9 Å². The van der Waals surface area contributed by atoms with Gasteiger partial charge in [0.2, 0.25) is 21.8 Å². The molecule has 39 heavy (non-hydrogen) atoms. The van der Waals surface area contributed by atoms with E-state index in [9.17, 15) is 22.8 Å². The van der Waals surface area contributed by atoms with Crippen LogP contribution in [0.25, 0.3) is 0 Å². The summed E-state index contributed by atoms with van der Waals surface area (Å²) in [7, 11) is -1.73. The zero-order chi connectivity index (χ0) is 28.6. The first-order chi connectivity index (χ1) is 18.4. The Labute approximate surface area is 232 Å². The lowest BCUT2D eigenvalue weighted by Crippen LogP contribution is -2.47. The Bertz CT molecular complexity index is 1080. The summed E-state index contributed by atoms with van der Waals surface area (Å²) in [6.07, 6.45) is 7.08. The number of nitrogens with zero attached hydrogens (tertiary/aromatic N) is 3. The molecule has 0 spiro atoms. The summed E-state index contributed by atoms with van der Waals surface area (Å²) in [6.45, 7) is 7.01. The lowest BCUT2D eigenvalue weighted by atomic mass is 9.94. The number of ether oxygens (including phenoxy) is 1. The zero-order valence-corrected chi connectivity index (χ0v) is 24.3. The molecule has 11 nitrogen and oxygen atoms in total. The molecular formula is C27H43N5O6S. The van der Waals surface area contributed by atoms with E-state index >= 15 is 0 Å². The number of carbonyl (C=O) groups excluding carboxylic acids is 3. The minimum atomic E-state index is -3.44. The van der Waals surface area contributed by atoms with Crippen LogP contribution in [0.3, 0.4) is 0 Å². The molecule has 0 aromatic carbocycles. The summed E-state index contributed by atoms with van der Waals surface area (Å²) in [5.74, 6) is -0.635. The molecule has 1 aromatic rings. The molecule has 2 N–H and O–H groups in total. The Morgan fingerprint density at radius 2 is 1.77 bits per heavy atom. The maximum Gasteiger partial charge on any atom is 0.410 e. The quantitative estimate of drug-likeness (QED) is 0.393. The van der Waals surface area contributed by atoms with Crippen LogP contribution in [-0.4, -0.2) is 85.2 Å². The number of hydrogen-bond acceptors (Lipinski definition) is 7. The van der Waals surface area contributed by atoms with E-state index in [-0.39, 0.29) is 24.3 Å². The summed E-state index contributed by atoms with van der Waals surface area (Å²) in [5.41, 5.74) is 0.270. The van der Waals surface area contributed by atoms with E-state index in [1.807, 2.05) is 6.07 Å². The topological polar surface area (TPSA) is 138 Å². The zero-order valence-electron chi connectivity index (χ0n) is 23.5. The smallest absolute Gasteiger partial charge is 0.410 e. The molecule has 2 atom stereocenters. The number of carbonyl (C=O) groups is 3. The second-order valence-electron chi connectivity index (χ2n) is 11.4. The van der Waals surface area contributed by atoms with Crippen LogP contribution in [0.1, 0.15) is 77.3 Å². The van der Waals surface area contributed by atoms with Crippen LogP contribution in [0.15, 0.2) is 24.5 Å². The fourth-order valence-electron chi connectivity index (χ4n) is 5.07. The normalized spacial score (nSPS) is 20.8. The maximum atomic E-state index is 12.8. The van der Waals surface area contributed by atoms with Crippen LogP contribution in [-0.2, 0) is 24.3 Å². The van der Waals surface area contributed by atoms with Crippen molar-refractivity contribution >= 4 is 27.9 Å². The van der Waals surface area contributed by atoms with Gasteiger partial charge in [-0.15, -0.1) is 0 Å². The molecule has 3 heterocycles. The van der Waals surface area contributed by atoms with Crippen molar-refractivity contribution in [1.82, 2.24) is 24.8 Å². The van der Waals surface area contributed by atoms with Crippen LogP contribution in [0.5, 0.6) is 0 Å². The third-order valence-corrected chi connectivity index (χ3v) is 9.14. The summed E-state index contributed by atoms with van der Waals surface area (Å²) in [4.78, 5) is 44.6. The van der Waals surface area contributed by atoms with E-state index in [4.69, 9.17) is 4.74 Å². The van der Waals surface area contributed by atoms with Crippen molar-refractivity contribution in [2.75, 3.05) is 33.2 Å². The number of piperidine rings is 1. The lowest BCUT2D eigenvalue weighted by Gasteiger charge is -2.33. The molecule has 1 aromatic heterocycles. The Kier molecular flexibility index (Phi) is 10.7. The molecule has 3 amide bonds. The minimum absolute atomic E-state index is 0.0555. The van der Waals surface area contributed by atoms with Crippen molar-refractivity contribution in [3.8, 4) is 0 Å². The van der Waals surface area contributed by atoms with E-state index < -0.39 is 32.9 Å². The van der Waals surface area contributed by atoms with Gasteiger partial charge in [0.25, 0.3) is 0 Å². The number of sulfonamides is 1. The highest BCUT2D eigenvalue weighted by atomic mass is 32.2.